The molecule has 3 heterocycles. The quantitative estimate of drug-likeness (QED) is 0.552. The van der Waals surface area contributed by atoms with Gasteiger partial charge in [0.2, 0.25) is 5.91 Å². The lowest BCUT2D eigenvalue weighted by Gasteiger charge is -2.25. The van der Waals surface area contributed by atoms with Gasteiger partial charge in [-0.25, -0.2) is 9.67 Å². The summed E-state index contributed by atoms with van der Waals surface area (Å²) in [6, 6.07) is 10.3. The molecule has 0 aliphatic carbocycles. The number of aromatic nitrogens is 4. The maximum absolute atomic E-state index is 13.0. The molecular formula is C25H31N7O2. The third-order valence-corrected chi connectivity index (χ3v) is 6.72. The van der Waals surface area contributed by atoms with E-state index in [1.807, 2.05) is 54.6 Å². The molecule has 1 N–H and O–H groups in total. The first kappa shape index (κ1) is 23.7. The van der Waals surface area contributed by atoms with Crippen molar-refractivity contribution in [2.75, 3.05) is 25.5 Å². The van der Waals surface area contributed by atoms with Crippen molar-refractivity contribution in [3.63, 3.8) is 0 Å². The van der Waals surface area contributed by atoms with Crippen LogP contribution in [0.4, 0.5) is 5.82 Å². The van der Waals surface area contributed by atoms with E-state index in [4.69, 9.17) is 4.74 Å². The van der Waals surface area contributed by atoms with E-state index in [1.54, 1.807) is 11.0 Å². The van der Waals surface area contributed by atoms with Crippen molar-refractivity contribution in [3.05, 3.63) is 59.3 Å². The van der Waals surface area contributed by atoms with Crippen LogP contribution in [0.15, 0.2) is 36.9 Å². The molecule has 1 fully saturated rings. The molecule has 9 heteroatoms. The van der Waals surface area contributed by atoms with Gasteiger partial charge in [-0.3, -0.25) is 9.69 Å². The van der Waals surface area contributed by atoms with Gasteiger partial charge in [0.1, 0.15) is 24.5 Å². The zero-order valence-electron chi connectivity index (χ0n) is 20.2. The second-order valence-electron chi connectivity index (χ2n) is 8.86. The summed E-state index contributed by atoms with van der Waals surface area (Å²) < 4.78 is 9.52. The maximum atomic E-state index is 13.0. The molecule has 34 heavy (non-hydrogen) atoms. The first-order valence-electron chi connectivity index (χ1n) is 11.6. The molecule has 0 unspecified atom stereocenters. The fourth-order valence-corrected chi connectivity index (χ4v) is 4.39. The smallest absolute Gasteiger partial charge is 0.239 e. The van der Waals surface area contributed by atoms with Gasteiger partial charge < -0.3 is 14.6 Å². The summed E-state index contributed by atoms with van der Waals surface area (Å²) in [6.45, 7) is 7.56. The minimum absolute atomic E-state index is 0.0214. The largest absolute Gasteiger partial charge is 0.376 e. The van der Waals surface area contributed by atoms with Crippen LogP contribution in [0.2, 0.25) is 0 Å². The number of anilines is 1. The molecule has 1 saturated heterocycles. The van der Waals surface area contributed by atoms with Crippen LogP contribution in [0.5, 0.6) is 0 Å². The third-order valence-electron chi connectivity index (χ3n) is 6.72. The summed E-state index contributed by atoms with van der Waals surface area (Å²) in [5, 5.41) is 16.9. The van der Waals surface area contributed by atoms with Crippen LogP contribution < -0.4 is 5.32 Å². The third kappa shape index (κ3) is 4.88. The molecule has 0 bridgehead atoms. The summed E-state index contributed by atoms with van der Waals surface area (Å²) in [7, 11) is 1.92. The number of carbonyl (C=O) groups excluding carboxylic acids is 1. The number of ether oxygens (including phenoxy) is 1. The highest BCUT2D eigenvalue weighted by Gasteiger charge is 2.24. The lowest BCUT2D eigenvalue weighted by atomic mass is 10.1. The average molecular weight is 462 g/mol. The number of nitrogens with one attached hydrogen (secondary N) is 1. The first-order valence-corrected chi connectivity index (χ1v) is 11.6. The first-order chi connectivity index (χ1) is 16.4. The molecule has 1 aliphatic heterocycles. The Kier molecular flexibility index (Phi) is 7.10. The highest BCUT2D eigenvalue weighted by Crippen LogP contribution is 2.28. The Morgan fingerprint density at radius 3 is 2.74 bits per heavy atom. The molecule has 4 rings (SSSR count). The Morgan fingerprint density at radius 1 is 1.35 bits per heavy atom. The van der Waals surface area contributed by atoms with Crippen LogP contribution in [0, 0.1) is 25.2 Å². The van der Waals surface area contributed by atoms with E-state index in [9.17, 15) is 10.1 Å². The highest BCUT2D eigenvalue weighted by molar-refractivity contribution is 5.93. The second kappa shape index (κ2) is 10.2. The van der Waals surface area contributed by atoms with Crippen LogP contribution in [0.25, 0.3) is 5.69 Å². The van der Waals surface area contributed by atoms with Gasteiger partial charge in [0.25, 0.3) is 0 Å². The highest BCUT2D eigenvalue weighted by atomic mass is 16.5. The minimum atomic E-state index is -0.156. The van der Waals surface area contributed by atoms with Gasteiger partial charge in [-0.1, -0.05) is 12.1 Å². The van der Waals surface area contributed by atoms with Crippen LogP contribution in [-0.4, -0.2) is 56.4 Å². The number of hydrogen-bond donors (Lipinski definition) is 1. The summed E-state index contributed by atoms with van der Waals surface area (Å²) in [5.74, 6) is 0.410. The number of hydrogen-bond acceptors (Lipinski definition) is 6. The van der Waals surface area contributed by atoms with Gasteiger partial charge in [-0.15, -0.1) is 0 Å². The van der Waals surface area contributed by atoms with Crippen LogP contribution in [-0.2, 0) is 16.1 Å². The normalized spacial score (nSPS) is 16.5. The van der Waals surface area contributed by atoms with E-state index in [0.717, 1.165) is 42.0 Å². The van der Waals surface area contributed by atoms with Gasteiger partial charge >= 0.3 is 0 Å². The van der Waals surface area contributed by atoms with E-state index in [0.29, 0.717) is 17.9 Å². The summed E-state index contributed by atoms with van der Waals surface area (Å²) >= 11 is 0. The Bertz CT molecular complexity index is 1170. The van der Waals surface area contributed by atoms with Crippen molar-refractivity contribution < 1.29 is 9.53 Å². The number of nitrogens with zero attached hydrogens (tertiary/aromatic N) is 6. The molecule has 1 amide bonds. The molecule has 0 radical (unpaired) electrons. The predicted molar refractivity (Wildman–Crippen MR) is 129 cm³/mol. The van der Waals surface area contributed by atoms with Gasteiger partial charge in [-0.2, -0.15) is 10.4 Å². The minimum Gasteiger partial charge on any atom is -0.376 e. The Balaban J connectivity index is 1.44. The van der Waals surface area contributed by atoms with E-state index in [-0.39, 0.29) is 24.6 Å². The molecule has 1 aliphatic rings. The van der Waals surface area contributed by atoms with Crippen molar-refractivity contribution in [1.82, 2.24) is 24.2 Å². The molecule has 3 aromatic rings. The SMILES string of the molecule is Cc1c(C#N)c(NC(=O)CN(C)[C@H](C)c2ccc(-n3cncn3)cc2)n(C[C@H]2CCCO2)c1C. The Hall–Kier alpha value is -3.48. The molecule has 0 spiro atoms. The van der Waals surface area contributed by atoms with Crippen LogP contribution in [0.3, 0.4) is 0 Å². The second-order valence-corrected chi connectivity index (χ2v) is 8.86. The van der Waals surface area contributed by atoms with E-state index in [2.05, 4.69) is 28.4 Å². The fraction of sp³-hybridized carbons (Fsp3) is 0.440. The number of carbonyl (C=O) groups is 1. The van der Waals surface area contributed by atoms with Crippen LogP contribution >= 0.6 is 0 Å². The molecule has 9 nitrogen and oxygen atoms in total. The number of amides is 1. The zero-order chi connectivity index (χ0) is 24.2. The van der Waals surface area contributed by atoms with Gasteiger partial charge in [0.15, 0.2) is 0 Å². The number of benzene rings is 1. The Labute approximate surface area is 200 Å². The van der Waals surface area contributed by atoms with Crippen molar-refractivity contribution in [1.29, 1.82) is 5.26 Å². The van der Waals surface area contributed by atoms with Crippen molar-refractivity contribution in [2.24, 2.45) is 0 Å². The maximum Gasteiger partial charge on any atom is 0.239 e. The number of rotatable bonds is 8. The average Bonchev–Trinajstić information content (AvgIpc) is 3.59. The summed E-state index contributed by atoms with van der Waals surface area (Å²) in [4.78, 5) is 19.0. The standard InChI is InChI=1S/C25H31N7O2/c1-17-18(2)31(13-22-6-5-11-34-22)25(23(17)12-26)29-24(33)14-30(4)19(3)20-7-9-21(10-8-20)32-16-27-15-28-32/h7-10,15-16,19,22H,5-6,11,13-14H2,1-4H3,(H,29,33)/t19-,22-/m1/s1. The van der Waals surface area contributed by atoms with E-state index >= 15 is 0 Å². The van der Waals surface area contributed by atoms with Crippen LogP contribution in [0.1, 0.15) is 48.2 Å². The van der Waals surface area contributed by atoms with Gasteiger partial charge in [-0.05, 0) is 63.9 Å². The Morgan fingerprint density at radius 2 is 2.12 bits per heavy atom. The zero-order valence-corrected chi connectivity index (χ0v) is 20.2. The molecule has 1 aromatic carbocycles. The van der Waals surface area contributed by atoms with Gasteiger partial charge in [0.05, 0.1) is 30.4 Å². The molecule has 178 valence electrons. The molecular weight excluding hydrogens is 430 g/mol. The molecule has 0 saturated carbocycles. The van der Waals surface area contributed by atoms with Crippen molar-refractivity contribution in [2.45, 2.75) is 52.3 Å². The fourth-order valence-electron chi connectivity index (χ4n) is 4.39. The van der Waals surface area contributed by atoms with E-state index < -0.39 is 0 Å². The van der Waals surface area contributed by atoms with E-state index in [1.165, 1.54) is 6.33 Å². The summed E-state index contributed by atoms with van der Waals surface area (Å²) in [6.07, 6.45) is 5.29. The monoisotopic (exact) mass is 461 g/mol. The van der Waals surface area contributed by atoms with Crippen molar-refractivity contribution in [3.8, 4) is 11.8 Å². The number of nitriles is 1. The molecule has 2 atom stereocenters. The van der Waals surface area contributed by atoms with Gasteiger partial charge in [0, 0.05) is 18.3 Å². The lowest BCUT2D eigenvalue weighted by molar-refractivity contribution is -0.117. The van der Waals surface area contributed by atoms with Crippen molar-refractivity contribution >= 4 is 11.7 Å². The molecule has 2 aromatic heterocycles. The lowest BCUT2D eigenvalue weighted by Crippen LogP contribution is -2.33. The topological polar surface area (TPSA) is 101 Å². The summed E-state index contributed by atoms with van der Waals surface area (Å²) in [5.41, 5.74) is 4.41. The number of likely N-dealkylation sites (N-methyl/N-ethyl adjacent to an activating group) is 1. The predicted octanol–water partition coefficient (Wildman–Crippen LogP) is 3.37.